The van der Waals surface area contributed by atoms with E-state index in [-0.39, 0.29) is 11.6 Å². The fourth-order valence-corrected chi connectivity index (χ4v) is 6.43. The molecule has 282 valence electrons. The van der Waals surface area contributed by atoms with Gasteiger partial charge < -0.3 is 5.73 Å². The smallest absolute Gasteiger partial charge is 0.168 e. The topological polar surface area (TPSA) is 167 Å². The lowest BCUT2D eigenvalue weighted by Crippen LogP contribution is -1.92. The lowest BCUT2D eigenvalue weighted by atomic mass is 10.1. The number of ketones is 2. The summed E-state index contributed by atoms with van der Waals surface area (Å²) < 4.78 is 7.70. The molecule has 0 radical (unpaired) electrons. The minimum absolute atomic E-state index is 0.0694. The van der Waals surface area contributed by atoms with Gasteiger partial charge in [-0.15, -0.1) is 10.2 Å². The van der Waals surface area contributed by atoms with Gasteiger partial charge in [0.2, 0.25) is 0 Å². The van der Waals surface area contributed by atoms with Gasteiger partial charge in [-0.25, -0.2) is 4.98 Å². The van der Waals surface area contributed by atoms with Crippen LogP contribution in [0.5, 0.6) is 0 Å². The SMILES string of the molecule is CC(=O)c1ccc(N)cc1.CC(=O)c1ccc2nc(C)ccc2c1.Cc1ccc2cc(-c3csnn3)ccc2n1.O=Cc1ccc2cc(-c3csnn3)ccc2n1. The Morgan fingerprint density at radius 1 is 0.544 bits per heavy atom. The molecule has 0 unspecified atom stereocenters. The van der Waals surface area contributed by atoms with E-state index in [1.165, 1.54) is 30.0 Å². The molecule has 11 nitrogen and oxygen atoms in total. The number of fused-ring (bicyclic) bond motifs is 3. The van der Waals surface area contributed by atoms with E-state index in [1.807, 2.05) is 97.4 Å². The molecule has 0 bridgehead atoms. The third-order valence-corrected chi connectivity index (χ3v) is 9.53. The molecule has 13 heteroatoms. The highest BCUT2D eigenvalue weighted by atomic mass is 32.1. The fourth-order valence-electron chi connectivity index (χ4n) is 5.50. The number of hydrogen-bond donors (Lipinski definition) is 1. The van der Waals surface area contributed by atoms with E-state index in [0.717, 1.165) is 78.5 Å². The van der Waals surface area contributed by atoms with Crippen molar-refractivity contribution < 1.29 is 14.4 Å². The Labute approximate surface area is 336 Å². The van der Waals surface area contributed by atoms with Gasteiger partial charge >= 0.3 is 0 Å². The number of carbonyl (C=O) groups is 3. The summed E-state index contributed by atoms with van der Waals surface area (Å²) in [6, 6.07) is 36.1. The van der Waals surface area contributed by atoms with Crippen LogP contribution in [0, 0.1) is 13.8 Å². The standard InChI is InChI=1S/C12H7N3OS.C12H9N3S.C12H11NO.C8H9NO/c16-6-10-3-1-8-5-9(2-4-11(8)13-10)12-7-17-15-14-12;1-8-2-3-9-6-10(4-5-11(9)13-8)12-7-16-15-14-12;1-8-3-4-11-7-10(9(2)14)5-6-12(11)13-8;1-6(10)7-2-4-8(9)5-3-7/h1-7H;2-7H,1H3;3-7H,1-2H3;2-5H,9H2,1H3. The predicted octanol–water partition coefficient (Wildman–Crippen LogP) is 9.84. The normalized spacial score (nSPS) is 10.4. The highest BCUT2D eigenvalue weighted by Gasteiger charge is 2.05. The molecule has 0 aliphatic heterocycles. The highest BCUT2D eigenvalue weighted by Crippen LogP contribution is 2.24. The van der Waals surface area contributed by atoms with Gasteiger partial charge in [0.05, 0.1) is 16.6 Å². The Hall–Kier alpha value is -6.96. The molecule has 0 aliphatic rings. The number of Topliss-reactive ketones (excluding diaryl/α,β-unsaturated/α-hetero) is 2. The van der Waals surface area contributed by atoms with Gasteiger partial charge in [0.1, 0.15) is 17.1 Å². The zero-order valence-corrected chi connectivity index (χ0v) is 33.1. The van der Waals surface area contributed by atoms with Gasteiger partial charge in [0, 0.05) is 66.2 Å². The maximum absolute atomic E-state index is 11.1. The maximum atomic E-state index is 11.1. The molecule has 0 amide bonds. The summed E-state index contributed by atoms with van der Waals surface area (Å²) in [4.78, 5) is 45.5. The molecule has 0 saturated heterocycles. The van der Waals surface area contributed by atoms with Crippen LogP contribution in [-0.4, -0.2) is 52.0 Å². The summed E-state index contributed by atoms with van der Waals surface area (Å²) >= 11 is 2.69. The van der Waals surface area contributed by atoms with E-state index >= 15 is 0 Å². The van der Waals surface area contributed by atoms with Crippen LogP contribution in [0.3, 0.4) is 0 Å². The third-order valence-electron chi connectivity index (χ3n) is 8.52. The molecule has 0 fully saturated rings. The number of nitrogens with two attached hydrogens (primary N) is 1. The van der Waals surface area contributed by atoms with Gasteiger partial charge in [-0.2, -0.15) is 0 Å². The minimum atomic E-state index is 0.0694. The number of aromatic nitrogens is 7. The van der Waals surface area contributed by atoms with Crippen LogP contribution in [-0.2, 0) is 0 Å². The van der Waals surface area contributed by atoms with Crippen LogP contribution < -0.4 is 5.73 Å². The molecular weight excluding hydrogens is 753 g/mol. The van der Waals surface area contributed by atoms with E-state index in [1.54, 1.807) is 37.3 Å². The van der Waals surface area contributed by atoms with Crippen LogP contribution >= 0.6 is 23.1 Å². The molecule has 4 aromatic carbocycles. The Balaban J connectivity index is 0.000000131. The van der Waals surface area contributed by atoms with Crippen LogP contribution in [0.25, 0.3) is 55.2 Å². The van der Waals surface area contributed by atoms with E-state index in [0.29, 0.717) is 16.9 Å². The zero-order chi connectivity index (χ0) is 40.3. The number of hydrogen-bond acceptors (Lipinski definition) is 13. The summed E-state index contributed by atoms with van der Waals surface area (Å²) in [5.74, 6) is 0.160. The maximum Gasteiger partial charge on any atom is 0.168 e. The Morgan fingerprint density at radius 3 is 1.47 bits per heavy atom. The van der Waals surface area contributed by atoms with E-state index in [4.69, 9.17) is 5.73 Å². The van der Waals surface area contributed by atoms with Crippen molar-refractivity contribution in [1.29, 1.82) is 0 Å². The molecular formula is C44H36N8O3S2. The van der Waals surface area contributed by atoms with Crippen molar-refractivity contribution in [3.05, 3.63) is 154 Å². The second kappa shape index (κ2) is 18.6. The van der Waals surface area contributed by atoms with E-state index in [9.17, 15) is 14.4 Å². The van der Waals surface area contributed by atoms with Crippen molar-refractivity contribution in [3.63, 3.8) is 0 Å². The van der Waals surface area contributed by atoms with Crippen LogP contribution in [0.4, 0.5) is 5.69 Å². The third kappa shape index (κ3) is 10.6. The van der Waals surface area contributed by atoms with Crippen LogP contribution in [0.1, 0.15) is 56.4 Å². The van der Waals surface area contributed by atoms with Crippen LogP contribution in [0.15, 0.2) is 126 Å². The predicted molar refractivity (Wildman–Crippen MR) is 229 cm³/mol. The molecule has 0 aliphatic carbocycles. The number of anilines is 1. The first kappa shape index (κ1) is 39.7. The number of aryl methyl sites for hydroxylation is 2. The first-order valence-corrected chi connectivity index (χ1v) is 19.3. The summed E-state index contributed by atoms with van der Waals surface area (Å²) in [5, 5.41) is 15.1. The molecule has 0 spiro atoms. The molecule has 9 aromatic rings. The first-order valence-electron chi connectivity index (χ1n) is 17.6. The quantitative estimate of drug-likeness (QED) is 0.100. The average Bonchev–Trinajstić information content (AvgIpc) is 3.97. The average molecular weight is 789 g/mol. The molecule has 0 saturated carbocycles. The minimum Gasteiger partial charge on any atom is -0.399 e. The van der Waals surface area contributed by atoms with Crippen molar-refractivity contribution in [2.45, 2.75) is 27.7 Å². The molecule has 9 rings (SSSR count). The molecule has 2 N–H and O–H groups in total. The highest BCUT2D eigenvalue weighted by molar-refractivity contribution is 7.03. The number of carbonyl (C=O) groups excluding carboxylic acids is 3. The van der Waals surface area contributed by atoms with Gasteiger partial charge in [-0.1, -0.05) is 39.3 Å². The van der Waals surface area contributed by atoms with Gasteiger partial charge in [0.15, 0.2) is 17.9 Å². The summed E-state index contributed by atoms with van der Waals surface area (Å²) in [6.45, 7) is 7.06. The summed E-state index contributed by atoms with van der Waals surface area (Å²) in [6.07, 6.45) is 0.748. The first-order chi connectivity index (χ1) is 27.6. The lowest BCUT2D eigenvalue weighted by molar-refractivity contribution is 0.100. The lowest BCUT2D eigenvalue weighted by Gasteiger charge is -2.01. The zero-order valence-electron chi connectivity index (χ0n) is 31.5. The second-order valence-electron chi connectivity index (χ2n) is 12.8. The van der Waals surface area contributed by atoms with Gasteiger partial charge in [-0.05, 0) is 136 Å². The summed E-state index contributed by atoms with van der Waals surface area (Å²) in [5.41, 5.74) is 16.7. The van der Waals surface area contributed by atoms with E-state index in [2.05, 4.69) is 46.3 Å². The molecule has 57 heavy (non-hydrogen) atoms. The molecule has 0 atom stereocenters. The van der Waals surface area contributed by atoms with Crippen molar-refractivity contribution in [1.82, 2.24) is 34.1 Å². The van der Waals surface area contributed by atoms with Crippen molar-refractivity contribution in [2.75, 3.05) is 5.73 Å². The number of nitrogen functional groups attached to an aromatic ring is 1. The Morgan fingerprint density at radius 2 is 1.00 bits per heavy atom. The number of benzene rings is 4. The molecule has 5 heterocycles. The summed E-state index contributed by atoms with van der Waals surface area (Å²) in [7, 11) is 0. The number of pyridine rings is 3. The van der Waals surface area contributed by atoms with E-state index < -0.39 is 0 Å². The van der Waals surface area contributed by atoms with Crippen LogP contribution in [0.2, 0.25) is 0 Å². The number of nitrogens with zero attached hydrogens (tertiary/aromatic N) is 7. The van der Waals surface area contributed by atoms with Crippen molar-refractivity contribution >= 4 is 79.3 Å². The number of aldehydes is 1. The Kier molecular flexibility index (Phi) is 13.0. The monoisotopic (exact) mass is 788 g/mol. The van der Waals surface area contributed by atoms with Gasteiger partial charge in [0.25, 0.3) is 0 Å². The van der Waals surface area contributed by atoms with Crippen molar-refractivity contribution in [3.8, 4) is 22.5 Å². The molecule has 5 aromatic heterocycles. The number of rotatable bonds is 5. The van der Waals surface area contributed by atoms with Gasteiger partial charge in [-0.3, -0.25) is 24.4 Å². The largest absolute Gasteiger partial charge is 0.399 e. The Bertz CT molecular complexity index is 2810. The fraction of sp³-hybridized carbons (Fsp3) is 0.0909. The second-order valence-corrected chi connectivity index (χ2v) is 14.0. The van der Waals surface area contributed by atoms with Crippen molar-refractivity contribution in [2.24, 2.45) is 0 Å².